The van der Waals surface area contributed by atoms with Crippen LogP contribution >= 0.6 is 7.60 Å². The van der Waals surface area contributed by atoms with Crippen molar-refractivity contribution in [1.29, 1.82) is 0 Å². The standard InChI is InChI=1S/C17H22NO3P/c1-3-20-22(19,21-4-2)14-16-9-11-17(12-10-16)18-13-15-7-5-6-8-15/h5-7,9-13H,3-4,8,14H2,1-2H3. The van der Waals surface area contributed by atoms with E-state index >= 15 is 0 Å². The van der Waals surface area contributed by atoms with Crippen LogP contribution in [-0.4, -0.2) is 19.4 Å². The third kappa shape index (κ3) is 5.06. The molecule has 0 aliphatic heterocycles. The van der Waals surface area contributed by atoms with Crippen LogP contribution in [0.4, 0.5) is 5.69 Å². The molecule has 1 aliphatic carbocycles. The van der Waals surface area contributed by atoms with Gasteiger partial charge in [0.25, 0.3) is 0 Å². The maximum atomic E-state index is 12.5. The Labute approximate surface area is 132 Å². The van der Waals surface area contributed by atoms with Crippen LogP contribution in [0.25, 0.3) is 0 Å². The van der Waals surface area contributed by atoms with Gasteiger partial charge in [0, 0.05) is 6.21 Å². The Morgan fingerprint density at radius 2 is 1.86 bits per heavy atom. The van der Waals surface area contributed by atoms with E-state index in [4.69, 9.17) is 9.05 Å². The second-order valence-corrected chi connectivity index (χ2v) is 6.96. The first-order valence-corrected chi connectivity index (χ1v) is 9.25. The van der Waals surface area contributed by atoms with Gasteiger partial charge >= 0.3 is 7.60 Å². The molecule has 0 saturated carbocycles. The predicted octanol–water partition coefficient (Wildman–Crippen LogP) is 5.04. The summed E-state index contributed by atoms with van der Waals surface area (Å²) in [4.78, 5) is 4.43. The molecule has 0 amide bonds. The van der Waals surface area contributed by atoms with Gasteiger partial charge in [0.15, 0.2) is 0 Å². The molecule has 5 heteroatoms. The molecule has 0 heterocycles. The molecule has 1 aromatic carbocycles. The Bertz CT molecular complexity index is 607. The predicted molar refractivity (Wildman–Crippen MR) is 91.0 cm³/mol. The largest absolute Gasteiger partial charge is 0.335 e. The molecule has 0 aromatic heterocycles. The molecule has 0 bridgehead atoms. The molecule has 0 saturated heterocycles. The molecule has 1 aromatic rings. The van der Waals surface area contributed by atoms with E-state index in [0.717, 1.165) is 17.7 Å². The Kier molecular flexibility index (Phi) is 6.32. The second-order valence-electron chi connectivity index (χ2n) is 4.90. The minimum Gasteiger partial charge on any atom is -0.309 e. The molecule has 0 radical (unpaired) electrons. The lowest BCUT2D eigenvalue weighted by atomic mass is 10.2. The average Bonchev–Trinajstić information content (AvgIpc) is 3.00. The van der Waals surface area contributed by atoms with Crippen molar-refractivity contribution in [2.24, 2.45) is 4.99 Å². The van der Waals surface area contributed by atoms with Crippen LogP contribution in [0.2, 0.25) is 0 Å². The number of allylic oxidation sites excluding steroid dienone is 4. The molecule has 0 unspecified atom stereocenters. The minimum atomic E-state index is -3.04. The van der Waals surface area contributed by atoms with Crippen molar-refractivity contribution in [3.63, 3.8) is 0 Å². The fourth-order valence-corrected chi connectivity index (χ4v) is 3.85. The first-order valence-electron chi connectivity index (χ1n) is 7.52. The highest BCUT2D eigenvalue weighted by molar-refractivity contribution is 7.53. The van der Waals surface area contributed by atoms with Crippen molar-refractivity contribution >= 4 is 19.5 Å². The summed E-state index contributed by atoms with van der Waals surface area (Å²) in [5.41, 5.74) is 2.99. The number of rotatable bonds is 8. The summed E-state index contributed by atoms with van der Waals surface area (Å²) in [6.07, 6.45) is 9.28. The summed E-state index contributed by atoms with van der Waals surface area (Å²) in [5.74, 6) is 0. The molecular formula is C17H22NO3P. The topological polar surface area (TPSA) is 47.9 Å². The SMILES string of the molecule is CCOP(=O)(Cc1ccc(N=CC2=CC=CC2)cc1)OCC. The van der Waals surface area contributed by atoms with Gasteiger partial charge in [-0.3, -0.25) is 9.56 Å². The summed E-state index contributed by atoms with van der Waals surface area (Å²) in [6, 6.07) is 7.66. The van der Waals surface area contributed by atoms with E-state index in [-0.39, 0.29) is 6.16 Å². The van der Waals surface area contributed by atoms with Crippen LogP contribution in [0.1, 0.15) is 25.8 Å². The molecule has 22 heavy (non-hydrogen) atoms. The molecule has 118 valence electrons. The third-order valence-corrected chi connectivity index (χ3v) is 5.20. The van der Waals surface area contributed by atoms with Crippen LogP contribution in [0.3, 0.4) is 0 Å². The first-order chi connectivity index (χ1) is 10.6. The van der Waals surface area contributed by atoms with Crippen LogP contribution in [0.5, 0.6) is 0 Å². The van der Waals surface area contributed by atoms with Gasteiger partial charge in [-0.2, -0.15) is 0 Å². The Hall–Kier alpha value is -1.48. The molecule has 2 rings (SSSR count). The fourth-order valence-electron chi connectivity index (χ4n) is 2.15. The number of hydrogen-bond donors (Lipinski definition) is 0. The van der Waals surface area contributed by atoms with E-state index in [1.165, 1.54) is 5.57 Å². The molecule has 0 N–H and O–H groups in total. The van der Waals surface area contributed by atoms with Gasteiger partial charge in [-0.25, -0.2) is 0 Å². The normalized spacial score (nSPS) is 14.7. The monoisotopic (exact) mass is 319 g/mol. The van der Waals surface area contributed by atoms with E-state index in [2.05, 4.69) is 17.1 Å². The van der Waals surface area contributed by atoms with Gasteiger partial charge in [-0.1, -0.05) is 30.4 Å². The smallest absolute Gasteiger partial charge is 0.309 e. The molecule has 0 atom stereocenters. The molecule has 1 aliphatic rings. The van der Waals surface area contributed by atoms with Gasteiger partial charge in [-0.05, 0) is 43.5 Å². The summed E-state index contributed by atoms with van der Waals surface area (Å²) in [7, 11) is -3.04. The maximum absolute atomic E-state index is 12.5. The van der Waals surface area contributed by atoms with Crippen molar-refractivity contribution in [2.75, 3.05) is 13.2 Å². The molecule has 4 nitrogen and oxygen atoms in total. The minimum absolute atomic E-state index is 0.285. The number of aliphatic imine (C=N–C) groups is 1. The highest BCUT2D eigenvalue weighted by Crippen LogP contribution is 2.51. The summed E-state index contributed by atoms with van der Waals surface area (Å²) < 4.78 is 23.1. The number of benzene rings is 1. The average molecular weight is 319 g/mol. The second kappa shape index (κ2) is 8.23. The van der Waals surface area contributed by atoms with Gasteiger partial charge in [0.2, 0.25) is 0 Å². The first kappa shape index (κ1) is 16.9. The molecule has 0 spiro atoms. The van der Waals surface area contributed by atoms with Gasteiger partial charge < -0.3 is 9.05 Å². The van der Waals surface area contributed by atoms with Crippen LogP contribution in [0.15, 0.2) is 53.1 Å². The fraction of sp³-hybridized carbons (Fsp3) is 0.353. The van der Waals surface area contributed by atoms with Crippen molar-refractivity contribution in [3.05, 3.63) is 53.6 Å². The zero-order valence-corrected chi connectivity index (χ0v) is 14.0. The van der Waals surface area contributed by atoms with Crippen molar-refractivity contribution < 1.29 is 13.6 Å². The van der Waals surface area contributed by atoms with E-state index < -0.39 is 7.60 Å². The Morgan fingerprint density at radius 3 is 2.41 bits per heavy atom. The van der Waals surface area contributed by atoms with E-state index in [1.54, 1.807) is 0 Å². The molecular weight excluding hydrogens is 297 g/mol. The van der Waals surface area contributed by atoms with Crippen LogP contribution in [-0.2, 0) is 19.8 Å². The number of hydrogen-bond acceptors (Lipinski definition) is 4. The van der Waals surface area contributed by atoms with Crippen LogP contribution in [0, 0.1) is 0 Å². The van der Waals surface area contributed by atoms with E-state index in [1.807, 2.05) is 50.4 Å². The summed E-state index contributed by atoms with van der Waals surface area (Å²) in [6.45, 7) is 4.39. The van der Waals surface area contributed by atoms with Crippen molar-refractivity contribution in [1.82, 2.24) is 0 Å². The van der Waals surface area contributed by atoms with Crippen molar-refractivity contribution in [2.45, 2.75) is 26.4 Å². The van der Waals surface area contributed by atoms with Gasteiger partial charge in [0.1, 0.15) is 0 Å². The van der Waals surface area contributed by atoms with E-state index in [0.29, 0.717) is 13.2 Å². The van der Waals surface area contributed by atoms with Gasteiger partial charge in [-0.15, -0.1) is 0 Å². The highest BCUT2D eigenvalue weighted by Gasteiger charge is 2.23. The summed E-state index contributed by atoms with van der Waals surface area (Å²) in [5, 5.41) is 0. The Morgan fingerprint density at radius 1 is 1.18 bits per heavy atom. The van der Waals surface area contributed by atoms with Crippen LogP contribution < -0.4 is 0 Å². The van der Waals surface area contributed by atoms with E-state index in [9.17, 15) is 4.57 Å². The Balaban J connectivity index is 2.00. The number of nitrogens with zero attached hydrogens (tertiary/aromatic N) is 1. The van der Waals surface area contributed by atoms with Gasteiger partial charge in [0.05, 0.1) is 25.1 Å². The lowest BCUT2D eigenvalue weighted by Gasteiger charge is -2.16. The molecule has 0 fully saturated rings. The van der Waals surface area contributed by atoms with Crippen molar-refractivity contribution in [3.8, 4) is 0 Å². The quantitative estimate of drug-likeness (QED) is 0.498. The summed E-state index contributed by atoms with van der Waals surface area (Å²) >= 11 is 0. The maximum Gasteiger partial charge on any atom is 0.335 e. The zero-order chi connectivity index (χ0) is 15.8. The third-order valence-electron chi connectivity index (χ3n) is 3.14. The zero-order valence-electron chi connectivity index (χ0n) is 13.1. The lowest BCUT2D eigenvalue weighted by molar-refractivity contribution is 0.219. The highest BCUT2D eigenvalue weighted by atomic mass is 31.2. The lowest BCUT2D eigenvalue weighted by Crippen LogP contribution is -1.98.